The number of nitrogens with zero attached hydrogens (tertiary/aromatic N) is 4. The third-order valence-electron chi connectivity index (χ3n) is 4.00. The number of Topliss-reactive ketones (excluding diaryl/α,β-unsaturated/α-hetero) is 1. The number of hydrogen-bond donors (Lipinski definition) is 0. The first-order valence-corrected chi connectivity index (χ1v) is 10.0. The molecule has 1 aliphatic heterocycles. The number of carbonyl (C=O) groups excluding carboxylic acids is 1. The lowest BCUT2D eigenvalue weighted by Crippen LogP contribution is -2.47. The Bertz CT molecular complexity index is 654. The molecule has 1 aliphatic rings. The van der Waals surface area contributed by atoms with E-state index in [4.69, 9.17) is 0 Å². The van der Waals surface area contributed by atoms with Crippen LogP contribution in [-0.4, -0.2) is 59.1 Å². The molecule has 7 heteroatoms. The van der Waals surface area contributed by atoms with E-state index in [1.54, 1.807) is 30.7 Å². The maximum atomic E-state index is 11.3. The molecule has 0 amide bonds. The van der Waals surface area contributed by atoms with Gasteiger partial charge in [0.1, 0.15) is 0 Å². The van der Waals surface area contributed by atoms with E-state index in [0.29, 0.717) is 0 Å². The Labute approximate surface area is 151 Å². The molecule has 0 aliphatic carbocycles. The lowest BCUT2D eigenvalue weighted by atomic mass is 10.3. The van der Waals surface area contributed by atoms with Gasteiger partial charge < -0.3 is 4.90 Å². The molecule has 0 saturated carbocycles. The van der Waals surface area contributed by atoms with Gasteiger partial charge in [-0.3, -0.25) is 9.69 Å². The van der Waals surface area contributed by atoms with Crippen molar-refractivity contribution in [3.05, 3.63) is 35.5 Å². The first kappa shape index (κ1) is 17.4. The Balaban J connectivity index is 1.34. The number of aromatic nitrogens is 2. The van der Waals surface area contributed by atoms with Gasteiger partial charge in [-0.05, 0) is 38.1 Å². The summed E-state index contributed by atoms with van der Waals surface area (Å²) in [5.41, 5.74) is 0. The summed E-state index contributed by atoms with van der Waals surface area (Å²) in [5, 5.41) is 0. The van der Waals surface area contributed by atoms with Crippen LogP contribution >= 0.6 is 23.1 Å². The highest BCUT2D eigenvalue weighted by atomic mass is 32.2. The number of carbonyl (C=O) groups is 1. The van der Waals surface area contributed by atoms with Crippen molar-refractivity contribution >= 4 is 34.8 Å². The molecule has 3 heterocycles. The summed E-state index contributed by atoms with van der Waals surface area (Å²) >= 11 is 3.46. The number of anilines is 1. The minimum absolute atomic E-state index is 0.159. The molecule has 0 spiro atoms. The number of piperazine rings is 1. The number of ketones is 1. The fourth-order valence-electron chi connectivity index (χ4n) is 2.67. The zero-order valence-corrected chi connectivity index (χ0v) is 15.5. The summed E-state index contributed by atoms with van der Waals surface area (Å²) in [6.07, 6.45) is 4.77. The highest BCUT2D eigenvalue weighted by molar-refractivity contribution is 8.01. The molecule has 0 atom stereocenters. The van der Waals surface area contributed by atoms with Gasteiger partial charge in [0.2, 0.25) is 5.95 Å². The molecule has 5 nitrogen and oxygen atoms in total. The van der Waals surface area contributed by atoms with Crippen LogP contribution in [0.2, 0.25) is 0 Å². The standard InChI is InChI=1S/C17H22N4OS2/c1-14(22)15-4-5-16(24-15)23-13-3-8-20-9-11-21(12-10-20)17-18-6-2-7-19-17/h2,4-7H,3,8-13H2,1H3. The second kappa shape index (κ2) is 8.60. The first-order valence-electron chi connectivity index (χ1n) is 8.20. The smallest absolute Gasteiger partial charge is 0.225 e. The summed E-state index contributed by atoms with van der Waals surface area (Å²) in [6.45, 7) is 6.86. The highest BCUT2D eigenvalue weighted by Crippen LogP contribution is 2.28. The molecule has 0 unspecified atom stereocenters. The van der Waals surface area contributed by atoms with Crippen LogP contribution in [0.15, 0.2) is 34.8 Å². The lowest BCUT2D eigenvalue weighted by molar-refractivity contribution is 0.102. The van der Waals surface area contributed by atoms with Crippen molar-refractivity contribution in [1.82, 2.24) is 14.9 Å². The molecule has 0 N–H and O–H groups in total. The van der Waals surface area contributed by atoms with Crippen LogP contribution in [0.4, 0.5) is 5.95 Å². The average molecular weight is 363 g/mol. The first-order chi connectivity index (χ1) is 11.7. The topological polar surface area (TPSA) is 49.3 Å². The molecular formula is C17H22N4OS2. The largest absolute Gasteiger partial charge is 0.338 e. The Hall–Kier alpha value is -1.44. The second-order valence-corrected chi connectivity index (χ2v) is 8.23. The quantitative estimate of drug-likeness (QED) is 0.429. The average Bonchev–Trinajstić information content (AvgIpc) is 3.09. The predicted molar refractivity (Wildman–Crippen MR) is 100 cm³/mol. The fourth-order valence-corrected chi connectivity index (χ4v) is 4.70. The van der Waals surface area contributed by atoms with Gasteiger partial charge in [-0.1, -0.05) is 0 Å². The number of thiophene rings is 1. The summed E-state index contributed by atoms with van der Waals surface area (Å²) in [4.78, 5) is 25.6. The van der Waals surface area contributed by atoms with Crippen molar-refractivity contribution in [3.63, 3.8) is 0 Å². The van der Waals surface area contributed by atoms with Crippen molar-refractivity contribution < 1.29 is 4.79 Å². The van der Waals surface area contributed by atoms with Gasteiger partial charge in [-0.2, -0.15) is 0 Å². The van der Waals surface area contributed by atoms with Crippen LogP contribution in [0.3, 0.4) is 0 Å². The molecular weight excluding hydrogens is 340 g/mol. The predicted octanol–water partition coefficient (Wildman–Crippen LogP) is 3.05. The van der Waals surface area contributed by atoms with E-state index in [0.717, 1.165) is 49.3 Å². The van der Waals surface area contributed by atoms with Crippen LogP contribution in [0, 0.1) is 0 Å². The zero-order valence-electron chi connectivity index (χ0n) is 13.9. The molecule has 3 rings (SSSR count). The Morgan fingerprint density at radius 3 is 2.62 bits per heavy atom. The van der Waals surface area contributed by atoms with E-state index in [-0.39, 0.29) is 5.78 Å². The lowest BCUT2D eigenvalue weighted by Gasteiger charge is -2.34. The van der Waals surface area contributed by atoms with E-state index < -0.39 is 0 Å². The molecule has 0 radical (unpaired) electrons. The van der Waals surface area contributed by atoms with Crippen LogP contribution < -0.4 is 4.90 Å². The Morgan fingerprint density at radius 1 is 1.21 bits per heavy atom. The van der Waals surface area contributed by atoms with E-state index in [1.807, 2.05) is 23.9 Å². The second-order valence-electron chi connectivity index (χ2n) is 5.75. The normalized spacial score (nSPS) is 15.6. The number of thioether (sulfide) groups is 1. The Morgan fingerprint density at radius 2 is 1.96 bits per heavy atom. The maximum Gasteiger partial charge on any atom is 0.225 e. The maximum absolute atomic E-state index is 11.3. The summed E-state index contributed by atoms with van der Waals surface area (Å²) in [5.74, 6) is 2.10. The van der Waals surface area contributed by atoms with E-state index in [1.165, 1.54) is 10.6 Å². The monoisotopic (exact) mass is 362 g/mol. The summed E-state index contributed by atoms with van der Waals surface area (Å²) in [7, 11) is 0. The number of rotatable bonds is 7. The van der Waals surface area contributed by atoms with Crippen molar-refractivity contribution in [2.24, 2.45) is 0 Å². The molecule has 2 aromatic rings. The van der Waals surface area contributed by atoms with Crippen LogP contribution in [0.25, 0.3) is 0 Å². The van der Waals surface area contributed by atoms with Gasteiger partial charge in [0.15, 0.2) is 5.78 Å². The molecule has 24 heavy (non-hydrogen) atoms. The summed E-state index contributed by atoms with van der Waals surface area (Å²) < 4.78 is 1.24. The fraction of sp³-hybridized carbons (Fsp3) is 0.471. The third kappa shape index (κ3) is 4.78. The van der Waals surface area contributed by atoms with Gasteiger partial charge in [0.25, 0.3) is 0 Å². The molecule has 128 valence electrons. The molecule has 0 bridgehead atoms. The highest BCUT2D eigenvalue weighted by Gasteiger charge is 2.18. The van der Waals surface area contributed by atoms with Gasteiger partial charge in [0.05, 0.1) is 9.09 Å². The Kier molecular flexibility index (Phi) is 6.23. The van der Waals surface area contributed by atoms with Gasteiger partial charge >= 0.3 is 0 Å². The van der Waals surface area contributed by atoms with E-state index in [9.17, 15) is 4.79 Å². The van der Waals surface area contributed by atoms with Gasteiger partial charge in [0, 0.05) is 44.3 Å². The number of hydrogen-bond acceptors (Lipinski definition) is 7. The van der Waals surface area contributed by atoms with Gasteiger partial charge in [-0.15, -0.1) is 23.1 Å². The third-order valence-corrected chi connectivity index (χ3v) is 6.50. The van der Waals surface area contributed by atoms with Crippen LogP contribution in [0.1, 0.15) is 23.0 Å². The SMILES string of the molecule is CC(=O)c1ccc(SCCCN2CCN(c3ncccn3)CC2)s1. The minimum atomic E-state index is 0.159. The van der Waals surface area contributed by atoms with E-state index in [2.05, 4.69) is 25.8 Å². The molecule has 1 fully saturated rings. The van der Waals surface area contributed by atoms with Crippen molar-refractivity contribution in [2.45, 2.75) is 17.6 Å². The minimum Gasteiger partial charge on any atom is -0.338 e. The van der Waals surface area contributed by atoms with Crippen LogP contribution in [0.5, 0.6) is 0 Å². The van der Waals surface area contributed by atoms with E-state index >= 15 is 0 Å². The molecule has 0 aromatic carbocycles. The van der Waals surface area contributed by atoms with Crippen molar-refractivity contribution in [1.29, 1.82) is 0 Å². The summed E-state index contributed by atoms with van der Waals surface area (Å²) in [6, 6.07) is 5.84. The zero-order chi connectivity index (χ0) is 16.8. The van der Waals surface area contributed by atoms with Gasteiger partial charge in [-0.25, -0.2) is 9.97 Å². The van der Waals surface area contributed by atoms with Crippen molar-refractivity contribution in [2.75, 3.05) is 43.4 Å². The van der Waals surface area contributed by atoms with Crippen molar-refractivity contribution in [3.8, 4) is 0 Å². The van der Waals surface area contributed by atoms with Crippen LogP contribution in [-0.2, 0) is 0 Å². The molecule has 2 aromatic heterocycles. The molecule has 1 saturated heterocycles.